The van der Waals surface area contributed by atoms with Gasteiger partial charge in [0, 0.05) is 18.3 Å². The number of hydrogen-bond acceptors (Lipinski definition) is 4. The lowest BCUT2D eigenvalue weighted by atomic mass is 9.66. The zero-order valence-corrected chi connectivity index (χ0v) is 13.6. The average molecular weight is 269 g/mol. The lowest BCUT2D eigenvalue weighted by molar-refractivity contribution is 0.00578. The molecule has 1 rings (SSSR count). The minimum absolute atomic E-state index is 0.166. The Morgan fingerprint density at radius 3 is 2.00 bits per heavy atom. The van der Waals surface area contributed by atoms with Crippen molar-refractivity contribution in [2.24, 2.45) is 10.9 Å². The fourth-order valence-corrected chi connectivity index (χ4v) is 2.11. The van der Waals surface area contributed by atoms with E-state index >= 15 is 0 Å². The van der Waals surface area contributed by atoms with Gasteiger partial charge in [-0.1, -0.05) is 13.8 Å². The third kappa shape index (κ3) is 3.32. The predicted molar refractivity (Wildman–Crippen MR) is 79.7 cm³/mol. The minimum Gasteiger partial charge on any atom is -0.484 e. The van der Waals surface area contributed by atoms with Crippen molar-refractivity contribution >= 4 is 13.0 Å². The first-order valence-corrected chi connectivity index (χ1v) is 7.10. The molecule has 0 aliphatic carbocycles. The molecule has 1 aliphatic heterocycles. The maximum Gasteiger partial charge on any atom is 0.461 e. The summed E-state index contributed by atoms with van der Waals surface area (Å²) < 4.78 is 17.6. The number of aliphatic imine (C=N–C) groups is 1. The van der Waals surface area contributed by atoms with Crippen molar-refractivity contribution in [3.8, 4) is 0 Å². The summed E-state index contributed by atoms with van der Waals surface area (Å²) in [6.07, 6.45) is 0. The van der Waals surface area contributed by atoms with E-state index in [0.29, 0.717) is 0 Å². The summed E-state index contributed by atoms with van der Waals surface area (Å²) in [5, 5.41) is 0. The molecule has 4 nitrogen and oxygen atoms in total. The van der Waals surface area contributed by atoms with Gasteiger partial charge in [-0.2, -0.15) is 0 Å². The summed E-state index contributed by atoms with van der Waals surface area (Å²) in [6, 6.07) is 0. The van der Waals surface area contributed by atoms with Crippen LogP contribution in [-0.4, -0.2) is 37.9 Å². The molecule has 0 amide bonds. The zero-order chi connectivity index (χ0) is 14.8. The second kappa shape index (κ2) is 5.84. The van der Waals surface area contributed by atoms with Crippen LogP contribution in [0.2, 0.25) is 5.82 Å². The summed E-state index contributed by atoms with van der Waals surface area (Å²) in [7, 11) is 1.44. The number of ether oxygens (including phenoxy) is 1. The molecule has 0 radical (unpaired) electrons. The Labute approximate surface area is 118 Å². The van der Waals surface area contributed by atoms with Gasteiger partial charge in [0.1, 0.15) is 0 Å². The minimum atomic E-state index is -0.291. The second-order valence-corrected chi connectivity index (χ2v) is 6.29. The van der Waals surface area contributed by atoms with Crippen LogP contribution in [-0.2, 0) is 14.0 Å². The van der Waals surface area contributed by atoms with Crippen LogP contribution in [0.1, 0.15) is 48.5 Å². The molecule has 0 spiro atoms. The first-order valence-electron chi connectivity index (χ1n) is 7.10. The van der Waals surface area contributed by atoms with Gasteiger partial charge >= 0.3 is 7.12 Å². The fraction of sp³-hybridized carbons (Fsp3) is 0.929. The summed E-state index contributed by atoms with van der Waals surface area (Å²) in [5.74, 6) is 1.12. The van der Waals surface area contributed by atoms with E-state index < -0.39 is 0 Å². The van der Waals surface area contributed by atoms with Crippen molar-refractivity contribution in [2.75, 3.05) is 13.7 Å². The first-order chi connectivity index (χ1) is 8.66. The molecule has 2 unspecified atom stereocenters. The van der Waals surface area contributed by atoms with Crippen LogP contribution in [0, 0.1) is 5.92 Å². The van der Waals surface area contributed by atoms with Gasteiger partial charge in [-0.05, 0) is 34.6 Å². The quantitative estimate of drug-likeness (QED) is 0.447. The Hall–Kier alpha value is -0.545. The SMILES string of the molecule is CCN=C(OC)C(C)C(C)B1OC(C)(C)C(C)(C)O1. The van der Waals surface area contributed by atoms with Gasteiger partial charge in [-0.15, -0.1) is 0 Å². The van der Waals surface area contributed by atoms with E-state index in [1.54, 1.807) is 7.11 Å². The summed E-state index contributed by atoms with van der Waals surface area (Å²) in [5.41, 5.74) is -0.582. The molecule has 0 aromatic rings. The number of hydrogen-bond donors (Lipinski definition) is 0. The van der Waals surface area contributed by atoms with Crippen LogP contribution >= 0.6 is 0 Å². The topological polar surface area (TPSA) is 40.0 Å². The molecule has 1 fully saturated rings. The molecule has 2 atom stereocenters. The van der Waals surface area contributed by atoms with Crippen LogP contribution in [0.5, 0.6) is 0 Å². The molecular weight excluding hydrogens is 241 g/mol. The Kier molecular flexibility index (Phi) is 5.07. The van der Waals surface area contributed by atoms with Crippen molar-refractivity contribution in [1.82, 2.24) is 0 Å². The number of rotatable bonds is 4. The van der Waals surface area contributed by atoms with Crippen molar-refractivity contribution in [2.45, 2.75) is 65.5 Å². The number of methoxy groups -OCH3 is 1. The van der Waals surface area contributed by atoms with E-state index in [2.05, 4.69) is 46.5 Å². The smallest absolute Gasteiger partial charge is 0.461 e. The highest BCUT2D eigenvalue weighted by atomic mass is 16.7. The fourth-order valence-electron chi connectivity index (χ4n) is 2.11. The molecule has 0 aromatic heterocycles. The van der Waals surface area contributed by atoms with Crippen molar-refractivity contribution in [1.29, 1.82) is 0 Å². The van der Waals surface area contributed by atoms with Crippen LogP contribution < -0.4 is 0 Å². The zero-order valence-electron chi connectivity index (χ0n) is 13.6. The molecular formula is C14H28BNO3. The summed E-state index contributed by atoms with van der Waals surface area (Å²) >= 11 is 0. The average Bonchev–Trinajstić information content (AvgIpc) is 2.53. The van der Waals surface area contributed by atoms with Crippen LogP contribution in [0.4, 0.5) is 0 Å². The Morgan fingerprint density at radius 1 is 1.16 bits per heavy atom. The van der Waals surface area contributed by atoms with Gasteiger partial charge in [-0.25, -0.2) is 0 Å². The molecule has 0 bridgehead atoms. The monoisotopic (exact) mass is 269 g/mol. The first kappa shape index (κ1) is 16.5. The molecule has 1 heterocycles. The third-order valence-electron chi connectivity index (χ3n) is 4.40. The molecule has 110 valence electrons. The van der Waals surface area contributed by atoms with E-state index in [0.717, 1.165) is 12.4 Å². The van der Waals surface area contributed by atoms with E-state index in [-0.39, 0.29) is 30.1 Å². The summed E-state index contributed by atoms with van der Waals surface area (Å²) in [4.78, 5) is 4.39. The normalized spacial score (nSPS) is 25.3. The van der Waals surface area contributed by atoms with E-state index in [4.69, 9.17) is 14.0 Å². The standard InChI is InChI=1S/C14H28BNO3/c1-9-16-12(17-8)10(2)11(3)15-18-13(4,5)14(6,7)19-15/h10-11H,9H2,1-8H3. The highest BCUT2D eigenvalue weighted by Crippen LogP contribution is 2.41. The highest BCUT2D eigenvalue weighted by molar-refractivity contribution is 6.47. The largest absolute Gasteiger partial charge is 0.484 e. The van der Waals surface area contributed by atoms with Crippen LogP contribution in [0.3, 0.4) is 0 Å². The summed E-state index contributed by atoms with van der Waals surface area (Å²) in [6.45, 7) is 15.2. The van der Waals surface area contributed by atoms with Gasteiger partial charge in [0.05, 0.1) is 18.3 Å². The highest BCUT2D eigenvalue weighted by Gasteiger charge is 2.53. The van der Waals surface area contributed by atoms with E-state index in [9.17, 15) is 0 Å². The van der Waals surface area contributed by atoms with Crippen LogP contribution in [0.15, 0.2) is 4.99 Å². The second-order valence-electron chi connectivity index (χ2n) is 6.29. The molecule has 1 saturated heterocycles. The Morgan fingerprint density at radius 2 is 1.63 bits per heavy atom. The Balaban J connectivity index is 2.80. The predicted octanol–water partition coefficient (Wildman–Crippen LogP) is 3.17. The van der Waals surface area contributed by atoms with Crippen molar-refractivity contribution < 1.29 is 14.0 Å². The van der Waals surface area contributed by atoms with E-state index in [1.807, 2.05) is 6.92 Å². The van der Waals surface area contributed by atoms with Gasteiger partial charge in [0.2, 0.25) is 0 Å². The Bertz CT molecular complexity index is 326. The lowest BCUT2D eigenvalue weighted by Crippen LogP contribution is -2.41. The molecule has 0 aromatic carbocycles. The van der Waals surface area contributed by atoms with Gasteiger partial charge < -0.3 is 14.0 Å². The molecule has 5 heteroatoms. The molecule has 1 aliphatic rings. The third-order valence-corrected chi connectivity index (χ3v) is 4.40. The molecule has 0 N–H and O–H groups in total. The van der Waals surface area contributed by atoms with E-state index in [1.165, 1.54) is 0 Å². The van der Waals surface area contributed by atoms with Crippen LogP contribution in [0.25, 0.3) is 0 Å². The molecule has 0 saturated carbocycles. The van der Waals surface area contributed by atoms with Gasteiger partial charge in [0.25, 0.3) is 0 Å². The van der Waals surface area contributed by atoms with Crippen molar-refractivity contribution in [3.05, 3.63) is 0 Å². The van der Waals surface area contributed by atoms with Gasteiger partial charge in [0.15, 0.2) is 5.90 Å². The van der Waals surface area contributed by atoms with Crippen molar-refractivity contribution in [3.63, 3.8) is 0 Å². The van der Waals surface area contributed by atoms with Gasteiger partial charge in [-0.3, -0.25) is 4.99 Å². The maximum absolute atomic E-state index is 6.09. The number of nitrogens with zero attached hydrogens (tertiary/aromatic N) is 1. The maximum atomic E-state index is 6.09. The lowest BCUT2D eigenvalue weighted by Gasteiger charge is -2.32. The molecule has 19 heavy (non-hydrogen) atoms.